The summed E-state index contributed by atoms with van der Waals surface area (Å²) in [4.78, 5) is 4.73. The van der Waals surface area contributed by atoms with E-state index < -0.39 is 5.60 Å². The molecule has 0 aliphatic carbocycles. The van der Waals surface area contributed by atoms with Crippen molar-refractivity contribution in [2.45, 2.75) is 31.4 Å². The van der Waals surface area contributed by atoms with Gasteiger partial charge >= 0.3 is 0 Å². The monoisotopic (exact) mass is 547 g/mol. The Hall–Kier alpha value is -2.52. The highest BCUT2D eigenvalue weighted by molar-refractivity contribution is 14.0. The number of para-hydroxylation sites is 1. The van der Waals surface area contributed by atoms with Crippen LogP contribution in [0.4, 0.5) is 0 Å². The van der Waals surface area contributed by atoms with E-state index in [1.807, 2.05) is 60.7 Å². The molecule has 0 bridgehead atoms. The lowest BCUT2D eigenvalue weighted by Crippen LogP contribution is -2.42. The van der Waals surface area contributed by atoms with Gasteiger partial charge in [-0.3, -0.25) is 0 Å². The predicted octanol–water partition coefficient (Wildman–Crippen LogP) is 4.41. The van der Waals surface area contributed by atoms with Crippen LogP contribution in [0.15, 0.2) is 82.4 Å². The predicted molar refractivity (Wildman–Crippen MR) is 137 cm³/mol. The molecule has 2 atom stereocenters. The molecule has 1 aliphatic heterocycles. The van der Waals surface area contributed by atoms with Crippen LogP contribution in [0.3, 0.4) is 0 Å². The highest BCUT2D eigenvalue weighted by Gasteiger charge is 2.25. The molecule has 7 heteroatoms. The molecule has 0 saturated heterocycles. The van der Waals surface area contributed by atoms with Gasteiger partial charge in [0, 0.05) is 24.9 Å². The Morgan fingerprint density at radius 2 is 1.88 bits per heavy atom. The van der Waals surface area contributed by atoms with E-state index in [1.165, 1.54) is 0 Å². The molecule has 2 heterocycles. The summed E-state index contributed by atoms with van der Waals surface area (Å²) >= 11 is 0. The topological polar surface area (TPSA) is 79.0 Å². The first kappa shape index (κ1) is 24.1. The number of fused-ring (bicyclic) bond motifs is 1. The van der Waals surface area contributed by atoms with Crippen molar-refractivity contribution >= 4 is 29.9 Å². The summed E-state index contributed by atoms with van der Waals surface area (Å²) in [6, 6.07) is 21.6. The molecule has 0 amide bonds. The lowest BCUT2D eigenvalue weighted by atomic mass is 9.96. The molecule has 0 fully saturated rings. The number of hydrogen-bond acceptors (Lipinski definition) is 4. The molecule has 2 aromatic carbocycles. The van der Waals surface area contributed by atoms with Gasteiger partial charge in [0.25, 0.3) is 0 Å². The third-order valence-electron chi connectivity index (χ3n) is 5.45. The molecule has 32 heavy (non-hydrogen) atoms. The number of aliphatic imine (C=N–C) groups is 1. The van der Waals surface area contributed by atoms with E-state index in [2.05, 4.69) is 16.7 Å². The zero-order valence-corrected chi connectivity index (χ0v) is 20.5. The average Bonchev–Trinajstić information content (AvgIpc) is 3.32. The molecule has 1 aliphatic rings. The highest BCUT2D eigenvalue weighted by Crippen LogP contribution is 2.31. The standard InChI is InChI=1S/C25H29N3O3.HI/c1-25(29,19-8-3-2-4-9-19)18-27-24(26-15-13-20-10-7-16-30-20)28-22-14-17-31-23-12-6-5-11-21(22)23;/h2-12,16,22,29H,13-15,17-18H2,1H3,(H2,26,27,28);1H. The van der Waals surface area contributed by atoms with Gasteiger partial charge in [0.05, 0.1) is 25.5 Å². The number of nitrogens with zero attached hydrogens (tertiary/aromatic N) is 1. The third-order valence-corrected chi connectivity index (χ3v) is 5.45. The molecule has 0 spiro atoms. The molecule has 0 radical (unpaired) electrons. The molecular formula is C25H30IN3O3. The van der Waals surface area contributed by atoms with E-state index in [0.29, 0.717) is 19.1 Å². The maximum atomic E-state index is 11.0. The van der Waals surface area contributed by atoms with E-state index in [9.17, 15) is 5.11 Å². The van der Waals surface area contributed by atoms with Gasteiger partial charge in [0.15, 0.2) is 5.96 Å². The summed E-state index contributed by atoms with van der Waals surface area (Å²) in [5.41, 5.74) is 0.888. The molecule has 6 nitrogen and oxygen atoms in total. The van der Waals surface area contributed by atoms with Crippen molar-refractivity contribution in [3.63, 3.8) is 0 Å². The van der Waals surface area contributed by atoms with E-state index in [-0.39, 0.29) is 36.6 Å². The van der Waals surface area contributed by atoms with Gasteiger partial charge in [-0.2, -0.15) is 0 Å². The van der Waals surface area contributed by atoms with Crippen molar-refractivity contribution < 1.29 is 14.3 Å². The third kappa shape index (κ3) is 6.26. The second kappa shape index (κ2) is 11.4. The summed E-state index contributed by atoms with van der Waals surface area (Å²) in [6.45, 7) is 3.34. The summed E-state index contributed by atoms with van der Waals surface area (Å²) in [7, 11) is 0. The highest BCUT2D eigenvalue weighted by atomic mass is 127. The van der Waals surface area contributed by atoms with Gasteiger partial charge in [-0.25, -0.2) is 4.99 Å². The Balaban J connectivity index is 0.00000289. The Morgan fingerprint density at radius 1 is 1.09 bits per heavy atom. The zero-order chi connectivity index (χ0) is 21.5. The average molecular weight is 547 g/mol. The number of ether oxygens (including phenoxy) is 1. The van der Waals surface area contributed by atoms with Gasteiger partial charge in [-0.05, 0) is 30.7 Å². The number of halogens is 1. The maximum absolute atomic E-state index is 11.0. The molecule has 1 aromatic heterocycles. The summed E-state index contributed by atoms with van der Waals surface area (Å²) in [6.07, 6.45) is 3.26. The molecule has 3 N–H and O–H groups in total. The second-order valence-electron chi connectivity index (χ2n) is 7.93. The fraction of sp³-hybridized carbons (Fsp3) is 0.320. The maximum Gasteiger partial charge on any atom is 0.191 e. The van der Waals surface area contributed by atoms with Crippen LogP contribution in [0.2, 0.25) is 0 Å². The SMILES string of the molecule is CC(O)(CN=C(NCCc1ccco1)NC1CCOc2ccccc21)c1ccccc1.I. The molecule has 2 unspecified atom stereocenters. The number of furan rings is 1. The van der Waals surface area contributed by atoms with Crippen LogP contribution in [0.5, 0.6) is 5.75 Å². The zero-order valence-electron chi connectivity index (χ0n) is 18.2. The van der Waals surface area contributed by atoms with Gasteiger partial charge in [0.1, 0.15) is 17.1 Å². The largest absolute Gasteiger partial charge is 0.493 e. The van der Waals surface area contributed by atoms with Crippen LogP contribution < -0.4 is 15.4 Å². The minimum absolute atomic E-state index is 0. The van der Waals surface area contributed by atoms with Gasteiger partial charge < -0.3 is 24.9 Å². The van der Waals surface area contributed by atoms with Crippen molar-refractivity contribution in [1.82, 2.24) is 10.6 Å². The minimum atomic E-state index is -1.07. The van der Waals surface area contributed by atoms with Crippen LogP contribution in [0, 0.1) is 0 Å². The quantitative estimate of drug-likeness (QED) is 0.232. The molecular weight excluding hydrogens is 517 g/mol. The number of nitrogens with one attached hydrogen (secondary N) is 2. The summed E-state index contributed by atoms with van der Waals surface area (Å²) in [5, 5.41) is 17.9. The molecule has 3 aromatic rings. The molecule has 0 saturated carbocycles. The van der Waals surface area contributed by atoms with Crippen molar-refractivity contribution in [1.29, 1.82) is 0 Å². The normalized spacial score (nSPS) is 17.3. The van der Waals surface area contributed by atoms with E-state index >= 15 is 0 Å². The van der Waals surface area contributed by atoms with E-state index in [0.717, 1.165) is 35.5 Å². The van der Waals surface area contributed by atoms with Crippen molar-refractivity contribution in [2.24, 2.45) is 4.99 Å². The lowest BCUT2D eigenvalue weighted by Gasteiger charge is -2.29. The number of aliphatic hydroxyl groups is 1. The number of guanidine groups is 1. The van der Waals surface area contributed by atoms with Crippen LogP contribution in [-0.4, -0.2) is 30.8 Å². The molecule has 170 valence electrons. The van der Waals surface area contributed by atoms with E-state index in [4.69, 9.17) is 14.1 Å². The number of rotatable bonds is 7. The summed E-state index contributed by atoms with van der Waals surface area (Å²) < 4.78 is 11.2. The lowest BCUT2D eigenvalue weighted by molar-refractivity contribution is 0.0672. The van der Waals surface area contributed by atoms with Crippen molar-refractivity contribution in [2.75, 3.05) is 19.7 Å². The summed E-state index contributed by atoms with van der Waals surface area (Å²) in [5.74, 6) is 2.47. The van der Waals surface area contributed by atoms with Crippen molar-refractivity contribution in [3.8, 4) is 5.75 Å². The van der Waals surface area contributed by atoms with Gasteiger partial charge in [-0.1, -0.05) is 48.5 Å². The Morgan fingerprint density at radius 3 is 2.66 bits per heavy atom. The molecule has 4 rings (SSSR count). The van der Waals surface area contributed by atoms with Gasteiger partial charge in [0.2, 0.25) is 0 Å². The van der Waals surface area contributed by atoms with Crippen molar-refractivity contribution in [3.05, 3.63) is 89.9 Å². The first-order chi connectivity index (χ1) is 15.1. The number of benzene rings is 2. The Labute approximate surface area is 206 Å². The fourth-order valence-electron chi connectivity index (χ4n) is 3.69. The van der Waals surface area contributed by atoms with Crippen LogP contribution in [0.25, 0.3) is 0 Å². The van der Waals surface area contributed by atoms with Crippen LogP contribution >= 0.6 is 24.0 Å². The van der Waals surface area contributed by atoms with Crippen LogP contribution in [0.1, 0.15) is 36.3 Å². The van der Waals surface area contributed by atoms with E-state index in [1.54, 1.807) is 13.2 Å². The number of hydrogen-bond donors (Lipinski definition) is 3. The minimum Gasteiger partial charge on any atom is -0.493 e. The Bertz CT molecular complexity index is 991. The second-order valence-corrected chi connectivity index (χ2v) is 7.93. The smallest absolute Gasteiger partial charge is 0.191 e. The first-order valence-corrected chi connectivity index (χ1v) is 10.7. The van der Waals surface area contributed by atoms with Crippen LogP contribution in [-0.2, 0) is 12.0 Å². The van der Waals surface area contributed by atoms with Gasteiger partial charge in [-0.15, -0.1) is 24.0 Å². The Kier molecular flexibility index (Phi) is 8.58. The first-order valence-electron chi connectivity index (χ1n) is 10.7. The fourth-order valence-corrected chi connectivity index (χ4v) is 3.69.